The summed E-state index contributed by atoms with van der Waals surface area (Å²) in [5.74, 6) is 0.718. The highest BCUT2D eigenvalue weighted by molar-refractivity contribution is 5.58. The molecule has 4 nitrogen and oxygen atoms in total. The van der Waals surface area contributed by atoms with Crippen molar-refractivity contribution < 1.29 is 9.50 Å². The van der Waals surface area contributed by atoms with Gasteiger partial charge in [-0.25, -0.2) is 4.39 Å². The van der Waals surface area contributed by atoms with Crippen LogP contribution in [0.4, 0.5) is 4.39 Å². The van der Waals surface area contributed by atoms with Gasteiger partial charge in [-0.2, -0.15) is 0 Å². The summed E-state index contributed by atoms with van der Waals surface area (Å²) in [6.45, 7) is 1.74. The van der Waals surface area contributed by atoms with Crippen molar-refractivity contribution >= 4 is 0 Å². The number of aliphatic hydroxyl groups excluding tert-OH is 1. The summed E-state index contributed by atoms with van der Waals surface area (Å²) < 4.78 is 15.7. The van der Waals surface area contributed by atoms with Gasteiger partial charge in [0.25, 0.3) is 0 Å². The third kappa shape index (κ3) is 1.80. The Kier molecular flexibility index (Phi) is 2.63. The van der Waals surface area contributed by atoms with Crippen molar-refractivity contribution in [2.24, 2.45) is 0 Å². The van der Waals surface area contributed by atoms with Crippen molar-refractivity contribution in [1.82, 2.24) is 14.8 Å². The molecule has 1 N–H and O–H groups in total. The third-order valence-electron chi connectivity index (χ3n) is 3.18. The highest BCUT2D eigenvalue weighted by atomic mass is 19.1. The number of nitrogens with zero attached hydrogens (tertiary/aromatic N) is 3. The molecule has 0 aliphatic heterocycles. The maximum absolute atomic E-state index is 13.9. The summed E-state index contributed by atoms with van der Waals surface area (Å²) in [6, 6.07) is 5.23. The number of aliphatic hydroxyl groups is 1. The molecule has 0 radical (unpaired) electrons. The first-order valence-corrected chi connectivity index (χ1v) is 6.02. The van der Waals surface area contributed by atoms with E-state index in [1.54, 1.807) is 12.1 Å². The molecule has 94 valence electrons. The molecule has 0 saturated heterocycles. The molecule has 2 aromatic rings. The quantitative estimate of drug-likeness (QED) is 0.904. The highest BCUT2D eigenvalue weighted by Crippen LogP contribution is 2.39. The van der Waals surface area contributed by atoms with Gasteiger partial charge in [0.05, 0.1) is 5.56 Å². The Hall–Kier alpha value is -1.75. The zero-order chi connectivity index (χ0) is 12.7. The van der Waals surface area contributed by atoms with Gasteiger partial charge in [-0.1, -0.05) is 11.6 Å². The van der Waals surface area contributed by atoms with Gasteiger partial charge >= 0.3 is 0 Å². The summed E-state index contributed by atoms with van der Waals surface area (Å²) >= 11 is 0. The molecule has 0 atom stereocenters. The lowest BCUT2D eigenvalue weighted by Crippen LogP contribution is -2.04. The maximum atomic E-state index is 13.9. The first-order chi connectivity index (χ1) is 8.70. The molecule has 0 unspecified atom stereocenters. The molecule has 0 bridgehead atoms. The van der Waals surface area contributed by atoms with Crippen LogP contribution < -0.4 is 0 Å². The largest absolute Gasteiger partial charge is 0.388 e. The molecule has 0 amide bonds. The molecular weight excluding hydrogens is 233 g/mol. The van der Waals surface area contributed by atoms with Crippen LogP contribution >= 0.6 is 0 Å². The van der Waals surface area contributed by atoms with E-state index in [0.29, 0.717) is 23.3 Å². The lowest BCUT2D eigenvalue weighted by molar-refractivity contribution is 0.265. The number of hydrogen-bond acceptors (Lipinski definition) is 3. The number of halogens is 1. The second-order valence-electron chi connectivity index (χ2n) is 4.68. The summed E-state index contributed by atoms with van der Waals surface area (Å²) in [4.78, 5) is 0. The molecule has 3 rings (SSSR count). The van der Waals surface area contributed by atoms with Gasteiger partial charge in [0.2, 0.25) is 0 Å². The minimum atomic E-state index is -0.306. The van der Waals surface area contributed by atoms with Crippen molar-refractivity contribution in [3.05, 3.63) is 35.4 Å². The van der Waals surface area contributed by atoms with Gasteiger partial charge in [0, 0.05) is 6.04 Å². The number of benzene rings is 1. The van der Waals surface area contributed by atoms with Crippen LogP contribution in [0.15, 0.2) is 18.2 Å². The first kappa shape index (κ1) is 11.3. The lowest BCUT2D eigenvalue weighted by Gasteiger charge is -2.09. The van der Waals surface area contributed by atoms with E-state index in [4.69, 9.17) is 0 Å². The summed E-state index contributed by atoms with van der Waals surface area (Å²) in [5.41, 5.74) is 1.43. The van der Waals surface area contributed by atoms with Gasteiger partial charge in [-0.05, 0) is 31.9 Å². The first-order valence-electron chi connectivity index (χ1n) is 6.02. The monoisotopic (exact) mass is 247 g/mol. The molecule has 1 aromatic heterocycles. The van der Waals surface area contributed by atoms with Crippen molar-refractivity contribution in [2.45, 2.75) is 32.4 Å². The van der Waals surface area contributed by atoms with Crippen LogP contribution in [-0.2, 0) is 6.61 Å². The van der Waals surface area contributed by atoms with Crippen LogP contribution in [0.25, 0.3) is 11.4 Å². The van der Waals surface area contributed by atoms with E-state index in [-0.39, 0.29) is 12.4 Å². The number of aromatic nitrogens is 3. The summed E-state index contributed by atoms with van der Waals surface area (Å²) in [7, 11) is 0. The molecular formula is C13H14FN3O. The highest BCUT2D eigenvalue weighted by Gasteiger charge is 2.30. The van der Waals surface area contributed by atoms with Crippen LogP contribution in [0, 0.1) is 12.7 Å². The lowest BCUT2D eigenvalue weighted by atomic mass is 10.1. The van der Waals surface area contributed by atoms with Crippen molar-refractivity contribution in [1.29, 1.82) is 0 Å². The third-order valence-corrected chi connectivity index (χ3v) is 3.18. The SMILES string of the molecule is Cc1ccc(F)c(-c2nnc(CO)n2C2CC2)c1. The van der Waals surface area contributed by atoms with Crippen LogP contribution in [-0.4, -0.2) is 19.9 Å². The Bertz CT molecular complexity index is 590. The van der Waals surface area contributed by atoms with Gasteiger partial charge < -0.3 is 9.67 Å². The average molecular weight is 247 g/mol. The molecule has 1 aliphatic carbocycles. The Morgan fingerprint density at radius 2 is 2.17 bits per heavy atom. The van der Waals surface area contributed by atoms with E-state index in [2.05, 4.69) is 10.2 Å². The van der Waals surface area contributed by atoms with Crippen LogP contribution in [0.3, 0.4) is 0 Å². The summed E-state index contributed by atoms with van der Waals surface area (Å²) in [5, 5.41) is 17.2. The standard InChI is InChI=1S/C13H14FN3O/c1-8-2-5-11(14)10(6-8)13-16-15-12(7-18)17(13)9-3-4-9/h2,5-6,9,18H,3-4,7H2,1H3. The Balaban J connectivity index is 2.16. The van der Waals surface area contributed by atoms with Crippen molar-refractivity contribution in [3.63, 3.8) is 0 Å². The molecule has 1 aliphatic rings. The zero-order valence-electron chi connectivity index (χ0n) is 10.1. The second kappa shape index (κ2) is 4.17. The fourth-order valence-corrected chi connectivity index (χ4v) is 2.14. The van der Waals surface area contributed by atoms with E-state index in [1.807, 2.05) is 11.5 Å². The smallest absolute Gasteiger partial charge is 0.167 e. The molecule has 1 fully saturated rings. The predicted octanol–water partition coefficient (Wildman–Crippen LogP) is 2.22. The maximum Gasteiger partial charge on any atom is 0.167 e. The zero-order valence-corrected chi connectivity index (χ0v) is 10.1. The Morgan fingerprint density at radius 3 is 2.83 bits per heavy atom. The Morgan fingerprint density at radius 1 is 1.39 bits per heavy atom. The molecule has 1 heterocycles. The fraction of sp³-hybridized carbons (Fsp3) is 0.385. The topological polar surface area (TPSA) is 50.9 Å². The van der Waals surface area contributed by atoms with E-state index in [1.165, 1.54) is 6.07 Å². The summed E-state index contributed by atoms with van der Waals surface area (Å²) in [6.07, 6.45) is 2.07. The van der Waals surface area contributed by atoms with E-state index in [9.17, 15) is 9.50 Å². The van der Waals surface area contributed by atoms with Crippen LogP contribution in [0.2, 0.25) is 0 Å². The minimum Gasteiger partial charge on any atom is -0.388 e. The van der Waals surface area contributed by atoms with Gasteiger partial charge in [0.15, 0.2) is 11.6 Å². The van der Waals surface area contributed by atoms with Gasteiger partial charge in [-0.3, -0.25) is 0 Å². The minimum absolute atomic E-state index is 0.170. The van der Waals surface area contributed by atoms with E-state index in [0.717, 1.165) is 18.4 Å². The number of rotatable bonds is 3. The van der Waals surface area contributed by atoms with Crippen LogP contribution in [0.5, 0.6) is 0 Å². The molecule has 18 heavy (non-hydrogen) atoms. The normalized spacial score (nSPS) is 15.1. The predicted molar refractivity (Wildman–Crippen MR) is 64.3 cm³/mol. The number of hydrogen-bond donors (Lipinski definition) is 1. The molecule has 1 saturated carbocycles. The van der Waals surface area contributed by atoms with Crippen LogP contribution in [0.1, 0.15) is 30.3 Å². The fourth-order valence-electron chi connectivity index (χ4n) is 2.14. The van der Waals surface area contributed by atoms with E-state index >= 15 is 0 Å². The average Bonchev–Trinajstić information content (AvgIpc) is 3.12. The molecule has 5 heteroatoms. The Labute approximate surface area is 104 Å². The van der Waals surface area contributed by atoms with E-state index < -0.39 is 0 Å². The van der Waals surface area contributed by atoms with Crippen molar-refractivity contribution in [2.75, 3.05) is 0 Å². The van der Waals surface area contributed by atoms with Crippen molar-refractivity contribution in [3.8, 4) is 11.4 Å². The molecule has 1 aromatic carbocycles. The second-order valence-corrected chi connectivity index (χ2v) is 4.68. The van der Waals surface area contributed by atoms with Gasteiger partial charge in [0.1, 0.15) is 12.4 Å². The van der Waals surface area contributed by atoms with Gasteiger partial charge in [-0.15, -0.1) is 10.2 Å². The number of aryl methyl sites for hydroxylation is 1. The molecule has 0 spiro atoms.